The molecule has 0 atom stereocenters. The van der Waals surface area contributed by atoms with Crippen LogP contribution in [0.25, 0.3) is 0 Å². The molecule has 1 aromatic carbocycles. The highest BCUT2D eigenvalue weighted by atomic mass is 19.1. The lowest BCUT2D eigenvalue weighted by atomic mass is 9.80. The molecule has 0 saturated carbocycles. The SMILES string of the molecule is OB(O)c1ccc(COC2CCOCC2)c(F)c1. The molecular weight excluding hydrogens is 238 g/mol. The second-order valence-electron chi connectivity index (χ2n) is 4.35. The van der Waals surface area contributed by atoms with Gasteiger partial charge in [0, 0.05) is 18.8 Å². The Hall–Kier alpha value is -0.945. The smallest absolute Gasteiger partial charge is 0.423 e. The van der Waals surface area contributed by atoms with Crippen LogP contribution >= 0.6 is 0 Å². The van der Waals surface area contributed by atoms with Crippen LogP contribution in [0, 0.1) is 5.82 Å². The van der Waals surface area contributed by atoms with Crippen molar-refractivity contribution in [2.24, 2.45) is 0 Å². The molecule has 1 aliphatic heterocycles. The van der Waals surface area contributed by atoms with Crippen molar-refractivity contribution < 1.29 is 23.9 Å². The molecule has 0 aromatic heterocycles. The number of benzene rings is 1. The second-order valence-corrected chi connectivity index (χ2v) is 4.35. The maximum Gasteiger partial charge on any atom is 0.488 e. The minimum atomic E-state index is -1.65. The largest absolute Gasteiger partial charge is 0.488 e. The van der Waals surface area contributed by atoms with Gasteiger partial charge in [0.25, 0.3) is 0 Å². The molecule has 1 fully saturated rings. The van der Waals surface area contributed by atoms with Crippen molar-refractivity contribution in [3.05, 3.63) is 29.6 Å². The molecule has 4 nitrogen and oxygen atoms in total. The summed E-state index contributed by atoms with van der Waals surface area (Å²) in [5.41, 5.74) is 0.563. The van der Waals surface area contributed by atoms with Crippen LogP contribution in [0.1, 0.15) is 18.4 Å². The van der Waals surface area contributed by atoms with Gasteiger partial charge >= 0.3 is 7.12 Å². The lowest BCUT2D eigenvalue weighted by Gasteiger charge is -2.22. The van der Waals surface area contributed by atoms with Crippen LogP contribution in [0.4, 0.5) is 4.39 Å². The van der Waals surface area contributed by atoms with Crippen molar-refractivity contribution >= 4 is 12.6 Å². The number of hydrogen-bond acceptors (Lipinski definition) is 4. The van der Waals surface area contributed by atoms with Crippen LogP contribution in [0.3, 0.4) is 0 Å². The van der Waals surface area contributed by atoms with Crippen molar-refractivity contribution in [2.45, 2.75) is 25.6 Å². The molecule has 0 radical (unpaired) electrons. The Labute approximate surface area is 105 Å². The van der Waals surface area contributed by atoms with Crippen molar-refractivity contribution in [2.75, 3.05) is 13.2 Å². The minimum absolute atomic E-state index is 0.112. The quantitative estimate of drug-likeness (QED) is 0.753. The Kier molecular flexibility index (Phi) is 4.71. The van der Waals surface area contributed by atoms with Crippen LogP contribution in [0.2, 0.25) is 0 Å². The summed E-state index contributed by atoms with van der Waals surface area (Å²) in [5.74, 6) is -0.479. The standard InChI is InChI=1S/C12H16BFO4/c14-12-7-10(13(15)16)2-1-9(12)8-18-11-3-5-17-6-4-11/h1-2,7,11,15-16H,3-6,8H2. The molecule has 1 aliphatic rings. The predicted octanol–water partition coefficient (Wildman–Crippen LogP) is 0.201. The fraction of sp³-hybridized carbons (Fsp3) is 0.500. The molecule has 0 spiro atoms. The maximum atomic E-state index is 13.6. The Morgan fingerprint density at radius 3 is 2.67 bits per heavy atom. The zero-order valence-electron chi connectivity index (χ0n) is 10.0. The average molecular weight is 254 g/mol. The topological polar surface area (TPSA) is 58.9 Å². The fourth-order valence-electron chi connectivity index (χ4n) is 1.89. The summed E-state index contributed by atoms with van der Waals surface area (Å²) in [4.78, 5) is 0. The Balaban J connectivity index is 1.92. The second kappa shape index (κ2) is 6.29. The van der Waals surface area contributed by atoms with Gasteiger partial charge in [-0.25, -0.2) is 4.39 Å². The van der Waals surface area contributed by atoms with Crippen LogP contribution in [-0.2, 0) is 16.1 Å². The van der Waals surface area contributed by atoms with Gasteiger partial charge in [-0.2, -0.15) is 0 Å². The monoisotopic (exact) mass is 254 g/mol. The third kappa shape index (κ3) is 3.52. The van der Waals surface area contributed by atoms with Gasteiger partial charge < -0.3 is 19.5 Å². The van der Waals surface area contributed by atoms with E-state index in [-0.39, 0.29) is 18.2 Å². The summed E-state index contributed by atoms with van der Waals surface area (Å²) in [6, 6.07) is 4.12. The van der Waals surface area contributed by atoms with E-state index >= 15 is 0 Å². The van der Waals surface area contributed by atoms with E-state index in [1.54, 1.807) is 0 Å². The number of halogens is 1. The summed E-state index contributed by atoms with van der Waals surface area (Å²) in [5, 5.41) is 17.8. The zero-order chi connectivity index (χ0) is 13.0. The first kappa shape index (κ1) is 13.5. The van der Waals surface area contributed by atoms with Crippen LogP contribution in [0.15, 0.2) is 18.2 Å². The molecular formula is C12H16BFO4. The zero-order valence-corrected chi connectivity index (χ0v) is 10.0. The molecule has 0 amide bonds. The molecule has 0 unspecified atom stereocenters. The van der Waals surface area contributed by atoms with Gasteiger partial charge in [0.05, 0.1) is 12.7 Å². The van der Waals surface area contributed by atoms with Crippen LogP contribution in [-0.4, -0.2) is 36.5 Å². The van der Waals surface area contributed by atoms with E-state index in [2.05, 4.69) is 0 Å². The third-order valence-electron chi connectivity index (χ3n) is 3.02. The van der Waals surface area contributed by atoms with Crippen molar-refractivity contribution in [1.29, 1.82) is 0 Å². The van der Waals surface area contributed by atoms with E-state index in [4.69, 9.17) is 19.5 Å². The normalized spacial score (nSPS) is 16.8. The van der Waals surface area contributed by atoms with Crippen LogP contribution in [0.5, 0.6) is 0 Å². The van der Waals surface area contributed by atoms with Gasteiger partial charge in [-0.1, -0.05) is 12.1 Å². The van der Waals surface area contributed by atoms with Crippen molar-refractivity contribution in [3.8, 4) is 0 Å². The van der Waals surface area contributed by atoms with E-state index in [1.165, 1.54) is 12.1 Å². The lowest BCUT2D eigenvalue weighted by Crippen LogP contribution is -2.30. The highest BCUT2D eigenvalue weighted by Crippen LogP contribution is 2.14. The molecule has 0 aliphatic carbocycles. The maximum absolute atomic E-state index is 13.6. The molecule has 2 N–H and O–H groups in total. The summed E-state index contributed by atoms with van der Waals surface area (Å²) in [6.45, 7) is 1.56. The van der Waals surface area contributed by atoms with Gasteiger partial charge in [-0.15, -0.1) is 0 Å². The van der Waals surface area contributed by atoms with Crippen LogP contribution < -0.4 is 5.46 Å². The molecule has 2 rings (SSSR count). The van der Waals surface area contributed by atoms with Crippen molar-refractivity contribution in [1.82, 2.24) is 0 Å². The summed E-state index contributed by atoms with van der Waals surface area (Å²) in [6.07, 6.45) is 1.77. The first-order chi connectivity index (χ1) is 8.66. The lowest BCUT2D eigenvalue weighted by molar-refractivity contribution is -0.0397. The van der Waals surface area contributed by atoms with Gasteiger partial charge in [0.2, 0.25) is 0 Å². The number of ether oxygens (including phenoxy) is 2. The first-order valence-corrected chi connectivity index (χ1v) is 6.00. The predicted molar refractivity (Wildman–Crippen MR) is 64.9 cm³/mol. The Bertz CT molecular complexity index is 394. The third-order valence-corrected chi connectivity index (χ3v) is 3.02. The highest BCUT2D eigenvalue weighted by molar-refractivity contribution is 6.58. The van der Waals surface area contributed by atoms with E-state index in [1.807, 2.05) is 0 Å². The van der Waals surface area contributed by atoms with E-state index in [9.17, 15) is 4.39 Å². The summed E-state index contributed by atoms with van der Waals surface area (Å²) < 4.78 is 24.5. The van der Waals surface area contributed by atoms with E-state index < -0.39 is 12.9 Å². The van der Waals surface area contributed by atoms with Gasteiger partial charge in [-0.05, 0) is 24.4 Å². The van der Waals surface area contributed by atoms with E-state index in [0.717, 1.165) is 18.9 Å². The Morgan fingerprint density at radius 1 is 1.33 bits per heavy atom. The molecule has 1 saturated heterocycles. The number of rotatable bonds is 4. The molecule has 98 valence electrons. The first-order valence-electron chi connectivity index (χ1n) is 6.00. The Morgan fingerprint density at radius 2 is 2.06 bits per heavy atom. The molecule has 6 heteroatoms. The average Bonchev–Trinajstić information content (AvgIpc) is 2.38. The molecule has 1 aromatic rings. The molecule has 18 heavy (non-hydrogen) atoms. The van der Waals surface area contributed by atoms with E-state index in [0.29, 0.717) is 18.8 Å². The van der Waals surface area contributed by atoms with Gasteiger partial charge in [0.15, 0.2) is 0 Å². The fourth-order valence-corrected chi connectivity index (χ4v) is 1.89. The number of hydrogen-bond donors (Lipinski definition) is 2. The van der Waals surface area contributed by atoms with Gasteiger partial charge in [-0.3, -0.25) is 0 Å². The summed E-state index contributed by atoms with van der Waals surface area (Å²) >= 11 is 0. The van der Waals surface area contributed by atoms with Gasteiger partial charge in [0.1, 0.15) is 5.82 Å². The molecule has 0 bridgehead atoms. The van der Waals surface area contributed by atoms with Crippen molar-refractivity contribution in [3.63, 3.8) is 0 Å². The molecule has 1 heterocycles. The minimum Gasteiger partial charge on any atom is -0.423 e. The summed E-state index contributed by atoms with van der Waals surface area (Å²) in [7, 11) is -1.65. The highest BCUT2D eigenvalue weighted by Gasteiger charge is 2.16.